The van der Waals surface area contributed by atoms with E-state index in [0.29, 0.717) is 21.2 Å². The smallest absolute Gasteiger partial charge is 0.262 e. The molecular formula is C25H26ClN3O4S2. The van der Waals surface area contributed by atoms with Gasteiger partial charge in [-0.1, -0.05) is 48.0 Å². The van der Waals surface area contributed by atoms with Gasteiger partial charge in [-0.25, -0.2) is 13.1 Å². The number of sulfonamides is 1. The number of nitrogens with two attached hydrogens (primary N) is 1. The molecule has 2 aromatic carbocycles. The summed E-state index contributed by atoms with van der Waals surface area (Å²) >= 11 is 7.55. The summed E-state index contributed by atoms with van der Waals surface area (Å²) in [6.45, 7) is 1.86. The summed E-state index contributed by atoms with van der Waals surface area (Å²) in [5, 5.41) is 1.30. The maximum absolute atomic E-state index is 12.3. The molecule has 0 bridgehead atoms. The lowest BCUT2D eigenvalue weighted by atomic mass is 10.1. The fourth-order valence-electron chi connectivity index (χ4n) is 3.92. The molecular weight excluding hydrogens is 506 g/mol. The number of carbonyl (C=O) groups is 1. The molecule has 10 heteroatoms. The lowest BCUT2D eigenvalue weighted by Crippen LogP contribution is -2.20. The number of halogens is 1. The summed E-state index contributed by atoms with van der Waals surface area (Å²) in [6, 6.07) is 14.8. The van der Waals surface area contributed by atoms with E-state index in [0.717, 1.165) is 34.7 Å². The SMILES string of the molecule is CNS(=O)(=O)Cc1ccc2c(c1)N(c1cc(O[C@H](C)c3ccccc3Cl)c(C(N)=O)s1)C=CCC2. The maximum Gasteiger partial charge on any atom is 0.262 e. The van der Waals surface area contributed by atoms with Crippen molar-refractivity contribution in [3.63, 3.8) is 0 Å². The molecule has 35 heavy (non-hydrogen) atoms. The first kappa shape index (κ1) is 25.2. The third-order valence-corrected chi connectivity index (χ3v) is 8.51. The van der Waals surface area contributed by atoms with Crippen molar-refractivity contribution in [2.24, 2.45) is 5.73 Å². The zero-order valence-corrected chi connectivity index (χ0v) is 21.7. The van der Waals surface area contributed by atoms with E-state index in [1.165, 1.54) is 18.4 Å². The Labute approximate surface area is 214 Å². The first-order chi connectivity index (χ1) is 16.7. The first-order valence-electron chi connectivity index (χ1n) is 11.0. The highest BCUT2D eigenvalue weighted by atomic mass is 35.5. The molecule has 0 radical (unpaired) electrons. The van der Waals surface area contributed by atoms with Crippen LogP contribution in [-0.2, 0) is 22.2 Å². The molecule has 1 aliphatic rings. The highest BCUT2D eigenvalue weighted by Crippen LogP contribution is 2.43. The van der Waals surface area contributed by atoms with Crippen LogP contribution in [0.25, 0.3) is 0 Å². The van der Waals surface area contributed by atoms with Crippen LogP contribution in [0, 0.1) is 0 Å². The van der Waals surface area contributed by atoms with Crippen LogP contribution >= 0.6 is 22.9 Å². The predicted molar refractivity (Wildman–Crippen MR) is 141 cm³/mol. The Kier molecular flexibility index (Phi) is 7.51. The molecule has 1 atom stereocenters. The number of hydrogen-bond acceptors (Lipinski definition) is 6. The summed E-state index contributed by atoms with van der Waals surface area (Å²) in [6.07, 6.45) is 5.20. The molecule has 0 saturated carbocycles. The summed E-state index contributed by atoms with van der Waals surface area (Å²) in [5.74, 6) is -0.344. The highest BCUT2D eigenvalue weighted by Gasteiger charge is 2.24. The largest absolute Gasteiger partial charge is 0.484 e. The number of nitrogens with zero attached hydrogens (tertiary/aromatic N) is 1. The Morgan fingerprint density at radius 3 is 2.74 bits per heavy atom. The lowest BCUT2D eigenvalue weighted by molar-refractivity contribution is 0.0998. The van der Waals surface area contributed by atoms with Crippen molar-refractivity contribution in [1.29, 1.82) is 0 Å². The quantitative estimate of drug-likeness (QED) is 0.411. The van der Waals surface area contributed by atoms with Gasteiger partial charge in [-0.15, -0.1) is 11.3 Å². The second-order valence-electron chi connectivity index (χ2n) is 8.14. The summed E-state index contributed by atoms with van der Waals surface area (Å²) < 4.78 is 32.7. The van der Waals surface area contributed by atoms with E-state index < -0.39 is 22.0 Å². The molecule has 1 aromatic heterocycles. The Hall–Kier alpha value is -2.85. The maximum atomic E-state index is 12.3. The van der Waals surface area contributed by atoms with Crippen molar-refractivity contribution in [3.8, 4) is 5.75 Å². The Morgan fingerprint density at radius 1 is 1.26 bits per heavy atom. The second-order valence-corrected chi connectivity index (χ2v) is 11.5. The van der Waals surface area contributed by atoms with E-state index >= 15 is 0 Å². The highest BCUT2D eigenvalue weighted by molar-refractivity contribution is 7.88. The minimum atomic E-state index is -3.42. The predicted octanol–water partition coefficient (Wildman–Crippen LogP) is 5.29. The van der Waals surface area contributed by atoms with Gasteiger partial charge < -0.3 is 15.4 Å². The Morgan fingerprint density at radius 2 is 2.03 bits per heavy atom. The van der Waals surface area contributed by atoms with Gasteiger partial charge in [-0.2, -0.15) is 0 Å². The van der Waals surface area contributed by atoms with Crippen molar-refractivity contribution in [3.05, 3.63) is 87.4 Å². The number of primary amides is 1. The molecule has 184 valence electrons. The number of allylic oxidation sites excluding steroid dienone is 1. The topological polar surface area (TPSA) is 102 Å². The number of nitrogens with one attached hydrogen (secondary N) is 1. The first-order valence-corrected chi connectivity index (χ1v) is 13.9. The molecule has 0 fully saturated rings. The zero-order chi connectivity index (χ0) is 25.2. The molecule has 2 heterocycles. The van der Waals surface area contributed by atoms with E-state index in [2.05, 4.69) is 4.72 Å². The van der Waals surface area contributed by atoms with Gasteiger partial charge in [-0.05, 0) is 50.1 Å². The normalized spacial score (nSPS) is 14.3. The molecule has 3 aromatic rings. The van der Waals surface area contributed by atoms with Gasteiger partial charge in [-0.3, -0.25) is 4.79 Å². The van der Waals surface area contributed by atoms with Gasteiger partial charge in [0, 0.05) is 28.5 Å². The van der Waals surface area contributed by atoms with Crippen LogP contribution in [0.5, 0.6) is 5.75 Å². The number of fused-ring (bicyclic) bond motifs is 1. The fourth-order valence-corrected chi connectivity index (χ4v) is 5.91. The molecule has 0 unspecified atom stereocenters. The monoisotopic (exact) mass is 531 g/mol. The Balaban J connectivity index is 1.72. The average Bonchev–Trinajstić information content (AvgIpc) is 3.12. The number of benzene rings is 2. The molecule has 0 spiro atoms. The second kappa shape index (κ2) is 10.4. The van der Waals surface area contributed by atoms with Crippen LogP contribution in [0.1, 0.15) is 45.8 Å². The zero-order valence-electron chi connectivity index (χ0n) is 19.3. The molecule has 1 aliphatic heterocycles. The van der Waals surface area contributed by atoms with Gasteiger partial charge in [0.1, 0.15) is 21.7 Å². The lowest BCUT2D eigenvalue weighted by Gasteiger charge is -2.21. The standard InChI is InChI=1S/C25H26ClN3O4S2/c1-16(19-8-3-4-9-20(19)26)33-22-14-23(34-24(22)25(27)30)29-12-6-5-7-18-11-10-17(13-21(18)29)15-35(31,32)28-2/h3-4,6,8-14,16,28H,5,7,15H2,1-2H3,(H2,27,30)/t16-/m1/s1. The van der Waals surface area contributed by atoms with Crippen LogP contribution < -0.4 is 20.1 Å². The molecule has 7 nitrogen and oxygen atoms in total. The van der Waals surface area contributed by atoms with Gasteiger partial charge in [0.05, 0.1) is 5.75 Å². The van der Waals surface area contributed by atoms with Crippen LogP contribution in [0.2, 0.25) is 5.02 Å². The third-order valence-electron chi connectivity index (χ3n) is 5.70. The average molecular weight is 532 g/mol. The number of rotatable bonds is 8. The van der Waals surface area contributed by atoms with Gasteiger partial charge >= 0.3 is 0 Å². The van der Waals surface area contributed by atoms with Crippen molar-refractivity contribution in [1.82, 2.24) is 4.72 Å². The molecule has 3 N–H and O–H groups in total. The van der Waals surface area contributed by atoms with E-state index in [4.69, 9.17) is 22.1 Å². The van der Waals surface area contributed by atoms with Crippen LogP contribution in [-0.4, -0.2) is 21.4 Å². The van der Waals surface area contributed by atoms with Crippen molar-refractivity contribution < 1.29 is 17.9 Å². The number of thiophene rings is 1. The van der Waals surface area contributed by atoms with Gasteiger partial charge in [0.25, 0.3) is 5.91 Å². The van der Waals surface area contributed by atoms with Crippen LogP contribution in [0.4, 0.5) is 10.7 Å². The molecule has 0 saturated heterocycles. The minimum absolute atomic E-state index is 0.130. The van der Waals surface area contributed by atoms with E-state index in [-0.39, 0.29) is 5.75 Å². The summed E-state index contributed by atoms with van der Waals surface area (Å²) in [4.78, 5) is 14.5. The van der Waals surface area contributed by atoms with Gasteiger partial charge in [0.2, 0.25) is 10.0 Å². The van der Waals surface area contributed by atoms with Crippen molar-refractivity contribution in [2.75, 3.05) is 11.9 Å². The molecule has 1 amide bonds. The van der Waals surface area contributed by atoms with Crippen LogP contribution in [0.15, 0.2) is 60.8 Å². The number of amides is 1. The van der Waals surface area contributed by atoms with Gasteiger partial charge in [0.15, 0.2) is 0 Å². The molecule has 4 rings (SSSR count). The fraction of sp³-hybridized carbons (Fsp3) is 0.240. The number of carbonyl (C=O) groups excluding carboxylic acids is 1. The number of hydrogen-bond donors (Lipinski definition) is 2. The van der Waals surface area contributed by atoms with E-state index in [9.17, 15) is 13.2 Å². The number of ether oxygens (including phenoxy) is 1. The van der Waals surface area contributed by atoms with Crippen molar-refractivity contribution >= 4 is 49.6 Å². The molecule has 0 aliphatic carbocycles. The Bertz CT molecular complexity index is 1390. The third kappa shape index (κ3) is 5.70. The van der Waals surface area contributed by atoms with E-state index in [1.54, 1.807) is 12.1 Å². The van der Waals surface area contributed by atoms with Crippen LogP contribution in [0.3, 0.4) is 0 Å². The number of aryl methyl sites for hydroxylation is 1. The summed E-state index contributed by atoms with van der Waals surface area (Å²) in [7, 11) is -2.02. The minimum Gasteiger partial charge on any atom is -0.484 e. The van der Waals surface area contributed by atoms with E-state index in [1.807, 2.05) is 60.5 Å². The van der Waals surface area contributed by atoms with Crippen molar-refractivity contribution in [2.45, 2.75) is 31.6 Å². The summed E-state index contributed by atoms with van der Waals surface area (Å²) in [5.41, 5.74) is 9.07. The number of anilines is 2.